The Morgan fingerprint density at radius 1 is 1.45 bits per heavy atom. The Morgan fingerprint density at radius 2 is 2.20 bits per heavy atom. The molecular weight excluding hydrogens is 262 g/mol. The minimum Gasteiger partial charge on any atom is -0.495 e. The van der Waals surface area contributed by atoms with Gasteiger partial charge in [0, 0.05) is 0 Å². The van der Waals surface area contributed by atoms with Gasteiger partial charge in [-0.25, -0.2) is 25.4 Å². The van der Waals surface area contributed by atoms with Crippen molar-refractivity contribution in [3.63, 3.8) is 0 Å². The average Bonchev–Trinajstić information content (AvgIpc) is 2.43. The topological polar surface area (TPSA) is 95.1 Å². The second-order valence-corrected chi connectivity index (χ2v) is 4.12. The van der Waals surface area contributed by atoms with E-state index in [2.05, 4.69) is 21.3 Å². The van der Waals surface area contributed by atoms with Gasteiger partial charge < -0.3 is 10.1 Å². The summed E-state index contributed by atoms with van der Waals surface area (Å²) in [5.74, 6) is 0.531. The molecular formula is C12H15N5O3. The number of nitrogens with zero attached hydrogens (tertiary/aromatic N) is 2. The highest BCUT2D eigenvalue weighted by Gasteiger charge is 2.20. The molecule has 0 fully saturated rings. The van der Waals surface area contributed by atoms with Crippen molar-refractivity contribution in [1.82, 2.24) is 15.9 Å². The molecule has 0 radical (unpaired) electrons. The zero-order valence-electron chi connectivity index (χ0n) is 11.1. The second kappa shape index (κ2) is 5.91. The Kier molecular flexibility index (Phi) is 4.04. The number of nitrogens with one attached hydrogen (secondary N) is 3. The average molecular weight is 277 g/mol. The molecule has 0 spiro atoms. The number of rotatable bonds is 3. The van der Waals surface area contributed by atoms with E-state index >= 15 is 0 Å². The third kappa shape index (κ3) is 3.16. The maximum atomic E-state index is 11.9. The number of anilines is 1. The first-order valence-corrected chi connectivity index (χ1v) is 5.91. The van der Waals surface area contributed by atoms with Crippen LogP contribution in [0.2, 0.25) is 0 Å². The Balaban J connectivity index is 1.99. The van der Waals surface area contributed by atoms with Crippen molar-refractivity contribution in [1.29, 1.82) is 0 Å². The fourth-order valence-electron chi connectivity index (χ4n) is 1.65. The molecule has 0 atom stereocenters. The summed E-state index contributed by atoms with van der Waals surface area (Å²) >= 11 is 0. The Hall–Kier alpha value is -2.77. The Labute approximate surface area is 115 Å². The molecule has 1 aliphatic heterocycles. The quantitative estimate of drug-likeness (QED) is 0.773. The van der Waals surface area contributed by atoms with Crippen LogP contribution in [0.1, 0.15) is 6.92 Å². The molecule has 0 aliphatic carbocycles. The van der Waals surface area contributed by atoms with E-state index in [-0.39, 0.29) is 6.54 Å². The molecule has 1 heterocycles. The minimum atomic E-state index is -0.542. The number of hydrogen-bond acceptors (Lipinski definition) is 4. The van der Waals surface area contributed by atoms with Gasteiger partial charge >= 0.3 is 12.1 Å². The van der Waals surface area contributed by atoms with Crippen molar-refractivity contribution >= 4 is 23.5 Å². The smallest absolute Gasteiger partial charge is 0.356 e. The zero-order valence-corrected chi connectivity index (χ0v) is 11.1. The molecule has 1 aromatic carbocycles. The van der Waals surface area contributed by atoms with E-state index in [1.54, 1.807) is 31.2 Å². The molecule has 2 rings (SSSR count). The number of ether oxygens (including phenoxy) is 1. The maximum absolute atomic E-state index is 11.9. The molecule has 0 unspecified atom stereocenters. The SMILES string of the molecule is COc1ccccc1NC(=O)NN1CC(C)=NNC1=O. The zero-order chi connectivity index (χ0) is 14.5. The van der Waals surface area contributed by atoms with Gasteiger partial charge in [0.25, 0.3) is 0 Å². The molecule has 20 heavy (non-hydrogen) atoms. The van der Waals surface area contributed by atoms with Crippen molar-refractivity contribution in [3.05, 3.63) is 24.3 Å². The van der Waals surface area contributed by atoms with E-state index in [4.69, 9.17) is 4.74 Å². The molecule has 106 valence electrons. The monoisotopic (exact) mass is 277 g/mol. The third-order valence-corrected chi connectivity index (χ3v) is 2.57. The first-order chi connectivity index (χ1) is 9.60. The van der Waals surface area contributed by atoms with Crippen molar-refractivity contribution in [3.8, 4) is 5.75 Å². The van der Waals surface area contributed by atoms with Crippen molar-refractivity contribution in [2.24, 2.45) is 5.10 Å². The highest BCUT2D eigenvalue weighted by atomic mass is 16.5. The predicted molar refractivity (Wildman–Crippen MR) is 73.5 cm³/mol. The van der Waals surface area contributed by atoms with Gasteiger partial charge in [0.05, 0.1) is 25.1 Å². The van der Waals surface area contributed by atoms with Gasteiger partial charge in [0.2, 0.25) is 0 Å². The van der Waals surface area contributed by atoms with Crippen LogP contribution in [0.5, 0.6) is 5.75 Å². The fraction of sp³-hybridized carbons (Fsp3) is 0.250. The number of urea groups is 2. The minimum absolute atomic E-state index is 0.227. The summed E-state index contributed by atoms with van der Waals surface area (Å²) in [6.07, 6.45) is 0. The molecule has 8 nitrogen and oxygen atoms in total. The summed E-state index contributed by atoms with van der Waals surface area (Å²) < 4.78 is 5.12. The van der Waals surface area contributed by atoms with Crippen LogP contribution >= 0.6 is 0 Å². The molecule has 0 aromatic heterocycles. The molecule has 1 aliphatic rings. The third-order valence-electron chi connectivity index (χ3n) is 2.57. The largest absolute Gasteiger partial charge is 0.495 e. The van der Waals surface area contributed by atoms with Crippen LogP contribution in [0, 0.1) is 0 Å². The first-order valence-electron chi connectivity index (χ1n) is 5.91. The first kappa shape index (κ1) is 13.7. The molecule has 0 saturated carbocycles. The van der Waals surface area contributed by atoms with E-state index < -0.39 is 12.1 Å². The van der Waals surface area contributed by atoms with Crippen molar-refractivity contribution < 1.29 is 14.3 Å². The van der Waals surface area contributed by atoms with Gasteiger partial charge in [0.15, 0.2) is 0 Å². The van der Waals surface area contributed by atoms with E-state index in [9.17, 15) is 9.59 Å². The van der Waals surface area contributed by atoms with E-state index in [1.807, 2.05) is 0 Å². The number of carbonyl (C=O) groups excluding carboxylic acids is 2. The fourth-order valence-corrected chi connectivity index (χ4v) is 1.65. The number of para-hydroxylation sites is 2. The highest BCUT2D eigenvalue weighted by molar-refractivity contribution is 5.95. The lowest BCUT2D eigenvalue weighted by Crippen LogP contribution is -2.55. The molecule has 3 N–H and O–H groups in total. The molecule has 4 amide bonds. The van der Waals surface area contributed by atoms with E-state index in [0.717, 1.165) is 5.01 Å². The van der Waals surface area contributed by atoms with Crippen molar-refractivity contribution in [2.75, 3.05) is 19.0 Å². The Morgan fingerprint density at radius 3 is 2.95 bits per heavy atom. The van der Waals surface area contributed by atoms with Crippen LogP contribution in [0.4, 0.5) is 15.3 Å². The van der Waals surface area contributed by atoms with Gasteiger partial charge in [-0.2, -0.15) is 5.10 Å². The number of hydrazone groups is 1. The molecule has 8 heteroatoms. The number of carbonyl (C=O) groups is 2. The van der Waals surface area contributed by atoms with Gasteiger partial charge in [-0.05, 0) is 19.1 Å². The molecule has 0 bridgehead atoms. The summed E-state index contributed by atoms with van der Waals surface area (Å²) in [6, 6.07) is 5.94. The van der Waals surface area contributed by atoms with Gasteiger partial charge in [0.1, 0.15) is 5.75 Å². The maximum Gasteiger partial charge on any atom is 0.356 e. The van der Waals surface area contributed by atoms with Crippen LogP contribution in [-0.2, 0) is 0 Å². The van der Waals surface area contributed by atoms with Gasteiger partial charge in [-0.15, -0.1) is 0 Å². The molecule has 0 saturated heterocycles. The van der Waals surface area contributed by atoms with Crippen molar-refractivity contribution in [2.45, 2.75) is 6.92 Å². The number of hydrogen-bond donors (Lipinski definition) is 3. The lowest BCUT2D eigenvalue weighted by atomic mass is 10.3. The van der Waals surface area contributed by atoms with Crippen LogP contribution < -0.4 is 20.9 Å². The lowest BCUT2D eigenvalue weighted by Gasteiger charge is -2.25. The normalized spacial score (nSPS) is 14.2. The number of methoxy groups -OCH3 is 1. The van der Waals surface area contributed by atoms with Crippen LogP contribution in [0.3, 0.4) is 0 Å². The summed E-state index contributed by atoms with van der Waals surface area (Å²) in [5.41, 5.74) is 5.91. The van der Waals surface area contributed by atoms with Crippen LogP contribution in [-0.4, -0.2) is 36.4 Å². The summed E-state index contributed by atoms with van der Waals surface area (Å²) in [7, 11) is 1.51. The summed E-state index contributed by atoms with van der Waals surface area (Å²) in [6.45, 7) is 1.97. The predicted octanol–water partition coefficient (Wildman–Crippen LogP) is 1.13. The Bertz CT molecular complexity index is 558. The van der Waals surface area contributed by atoms with E-state index in [0.29, 0.717) is 17.1 Å². The van der Waals surface area contributed by atoms with Crippen LogP contribution in [0.15, 0.2) is 29.4 Å². The van der Waals surface area contributed by atoms with Crippen LogP contribution in [0.25, 0.3) is 0 Å². The summed E-state index contributed by atoms with van der Waals surface area (Å²) in [5, 5.41) is 7.50. The summed E-state index contributed by atoms with van der Waals surface area (Å²) in [4.78, 5) is 23.4. The number of hydrazine groups is 1. The number of amides is 4. The van der Waals surface area contributed by atoms with Gasteiger partial charge in [-0.3, -0.25) is 0 Å². The lowest BCUT2D eigenvalue weighted by molar-refractivity contribution is 0.177. The van der Waals surface area contributed by atoms with E-state index in [1.165, 1.54) is 7.11 Å². The standard InChI is InChI=1S/C12H15N5O3/c1-8-7-17(12(19)15-14-8)16-11(18)13-9-5-3-4-6-10(9)20-2/h3-6H,7H2,1-2H3,(H,15,19)(H2,13,16,18). The van der Waals surface area contributed by atoms with Gasteiger partial charge in [-0.1, -0.05) is 12.1 Å². The molecule has 1 aromatic rings. The second-order valence-electron chi connectivity index (χ2n) is 4.12. The number of benzene rings is 1. The highest BCUT2D eigenvalue weighted by Crippen LogP contribution is 2.22.